The van der Waals surface area contributed by atoms with E-state index in [1.165, 1.54) is 12.3 Å². The van der Waals surface area contributed by atoms with E-state index in [-0.39, 0.29) is 0 Å². The van der Waals surface area contributed by atoms with E-state index in [4.69, 9.17) is 4.42 Å². The minimum absolute atomic E-state index is 0.314. The number of hydrogen-bond donors (Lipinski definition) is 1. The molecule has 108 valence electrons. The van der Waals surface area contributed by atoms with Crippen molar-refractivity contribution in [1.29, 1.82) is 0 Å². The molecule has 0 amide bonds. The molecule has 2 aromatic rings. The van der Waals surface area contributed by atoms with Gasteiger partial charge in [-0.3, -0.25) is 0 Å². The lowest BCUT2D eigenvalue weighted by Crippen LogP contribution is -2.10. The maximum absolute atomic E-state index is 12.7. The van der Waals surface area contributed by atoms with E-state index in [0.717, 1.165) is 12.1 Å². The zero-order valence-corrected chi connectivity index (χ0v) is 12.2. The topological polar surface area (TPSA) is 38.1 Å². The fraction of sp³-hybridized carbons (Fsp3) is 0.308. The van der Waals surface area contributed by atoms with Crippen LogP contribution in [0.2, 0.25) is 0 Å². The first-order valence-corrected chi connectivity index (χ1v) is 6.67. The van der Waals surface area contributed by atoms with Crippen LogP contribution in [0.1, 0.15) is 11.5 Å². The second-order valence-electron chi connectivity index (χ2n) is 4.16. The molecule has 20 heavy (non-hydrogen) atoms. The lowest BCUT2D eigenvalue weighted by atomic mass is 10.1. The number of aromatic nitrogens is 1. The number of halogens is 4. The molecule has 0 spiro atoms. The smallest absolute Gasteiger partial charge is 0.416 e. The van der Waals surface area contributed by atoms with E-state index in [2.05, 4.69) is 26.2 Å². The van der Waals surface area contributed by atoms with Crippen LogP contribution < -0.4 is 5.32 Å². The van der Waals surface area contributed by atoms with E-state index >= 15 is 0 Å². The molecule has 1 heterocycles. The number of benzene rings is 1. The van der Waals surface area contributed by atoms with E-state index in [0.29, 0.717) is 34.7 Å². The fourth-order valence-corrected chi connectivity index (χ4v) is 2.11. The van der Waals surface area contributed by atoms with Gasteiger partial charge >= 0.3 is 6.18 Å². The number of hydrogen-bond acceptors (Lipinski definition) is 3. The molecule has 3 nitrogen and oxygen atoms in total. The molecular weight excluding hydrogens is 337 g/mol. The molecule has 0 atom stereocenters. The Morgan fingerprint density at radius 3 is 2.75 bits per heavy atom. The van der Waals surface area contributed by atoms with Gasteiger partial charge in [0.1, 0.15) is 0 Å². The molecular formula is C13H12BrF3N2O. The van der Waals surface area contributed by atoms with Crippen molar-refractivity contribution < 1.29 is 17.6 Å². The minimum atomic E-state index is -4.38. The molecule has 7 heteroatoms. The molecule has 0 saturated heterocycles. The van der Waals surface area contributed by atoms with Crippen molar-refractivity contribution in [2.75, 3.05) is 13.6 Å². The van der Waals surface area contributed by atoms with Crippen molar-refractivity contribution in [2.24, 2.45) is 0 Å². The Hall–Kier alpha value is -1.34. The third-order valence-electron chi connectivity index (χ3n) is 2.70. The Morgan fingerprint density at radius 2 is 2.10 bits per heavy atom. The zero-order valence-electron chi connectivity index (χ0n) is 10.6. The molecule has 0 aliphatic rings. The van der Waals surface area contributed by atoms with Gasteiger partial charge in [0.2, 0.25) is 0 Å². The largest absolute Gasteiger partial charge is 0.441 e. The number of nitrogens with zero attached hydrogens (tertiary/aromatic N) is 1. The normalized spacial score (nSPS) is 11.8. The van der Waals surface area contributed by atoms with E-state index in [1.54, 1.807) is 7.05 Å². The number of rotatable bonds is 4. The summed E-state index contributed by atoms with van der Waals surface area (Å²) in [4.78, 5) is 4.05. The highest BCUT2D eigenvalue weighted by molar-refractivity contribution is 9.10. The van der Waals surface area contributed by atoms with Crippen LogP contribution in [0.5, 0.6) is 0 Å². The van der Waals surface area contributed by atoms with Gasteiger partial charge < -0.3 is 9.73 Å². The van der Waals surface area contributed by atoms with Crippen molar-refractivity contribution in [1.82, 2.24) is 10.3 Å². The zero-order chi connectivity index (χ0) is 14.8. The first kappa shape index (κ1) is 15.1. The van der Waals surface area contributed by atoms with Crippen LogP contribution in [0.3, 0.4) is 0 Å². The Balaban J connectivity index is 2.34. The van der Waals surface area contributed by atoms with E-state index in [1.807, 2.05) is 0 Å². The van der Waals surface area contributed by atoms with Crippen molar-refractivity contribution in [3.63, 3.8) is 0 Å². The van der Waals surface area contributed by atoms with E-state index in [9.17, 15) is 13.2 Å². The second-order valence-corrected chi connectivity index (χ2v) is 5.02. The molecule has 1 N–H and O–H groups in total. The van der Waals surface area contributed by atoms with Crippen LogP contribution in [-0.2, 0) is 12.6 Å². The highest BCUT2D eigenvalue weighted by atomic mass is 79.9. The van der Waals surface area contributed by atoms with Gasteiger partial charge in [0.15, 0.2) is 11.7 Å². The van der Waals surface area contributed by atoms with Crippen molar-refractivity contribution in [3.05, 3.63) is 40.3 Å². The van der Waals surface area contributed by atoms with E-state index < -0.39 is 11.7 Å². The summed E-state index contributed by atoms with van der Waals surface area (Å²) in [6.07, 6.45) is -2.37. The fourth-order valence-electron chi connectivity index (χ4n) is 1.67. The van der Waals surface area contributed by atoms with Crippen molar-refractivity contribution in [3.8, 4) is 11.3 Å². The van der Waals surface area contributed by atoms with Crippen molar-refractivity contribution in [2.45, 2.75) is 12.6 Å². The summed E-state index contributed by atoms with van der Waals surface area (Å²) in [7, 11) is 1.80. The number of nitrogens with one attached hydrogen (secondary N) is 1. The molecule has 0 unspecified atom stereocenters. The summed E-state index contributed by atoms with van der Waals surface area (Å²) in [5.74, 6) is 0.799. The molecule has 0 fully saturated rings. The average Bonchev–Trinajstić information content (AvgIpc) is 2.84. The van der Waals surface area contributed by atoms with Crippen LogP contribution in [-0.4, -0.2) is 18.6 Å². The van der Waals surface area contributed by atoms with Gasteiger partial charge in [-0.25, -0.2) is 4.98 Å². The van der Waals surface area contributed by atoms with Crippen LogP contribution >= 0.6 is 15.9 Å². The lowest BCUT2D eigenvalue weighted by Gasteiger charge is -2.09. The first-order chi connectivity index (χ1) is 9.41. The molecule has 0 aliphatic carbocycles. The molecule has 0 aliphatic heterocycles. The summed E-state index contributed by atoms with van der Waals surface area (Å²) in [5.41, 5.74) is -0.382. The van der Waals surface area contributed by atoms with Crippen LogP contribution in [0.4, 0.5) is 13.2 Å². The predicted molar refractivity (Wildman–Crippen MR) is 72.3 cm³/mol. The molecule has 1 aromatic carbocycles. The molecule has 1 aromatic heterocycles. The lowest BCUT2D eigenvalue weighted by molar-refractivity contribution is -0.137. The summed E-state index contributed by atoms with van der Waals surface area (Å²) in [5, 5.41) is 2.95. The maximum Gasteiger partial charge on any atom is 0.416 e. The minimum Gasteiger partial charge on any atom is -0.441 e. The molecule has 0 bridgehead atoms. The number of oxazole rings is 1. The van der Waals surface area contributed by atoms with Gasteiger partial charge in [0.25, 0.3) is 0 Å². The highest BCUT2D eigenvalue weighted by Crippen LogP contribution is 2.36. The predicted octanol–water partition coefficient (Wildman–Crippen LogP) is 3.88. The summed E-state index contributed by atoms with van der Waals surface area (Å²) in [6.45, 7) is 0.684. The van der Waals surface area contributed by atoms with Crippen LogP contribution in [0.25, 0.3) is 11.3 Å². The standard InChI is InChI=1S/C13H12BrF3N2O/c1-18-5-4-12-19-7-11(20-12)9-6-8(13(15,16)17)2-3-10(9)14/h2-3,6-7,18H,4-5H2,1H3. The van der Waals surface area contributed by atoms with Gasteiger partial charge in [0.05, 0.1) is 11.8 Å². The van der Waals surface area contributed by atoms with Crippen LogP contribution in [0.15, 0.2) is 33.3 Å². The van der Waals surface area contributed by atoms with Gasteiger partial charge in [0, 0.05) is 23.0 Å². The third-order valence-corrected chi connectivity index (χ3v) is 3.39. The third kappa shape index (κ3) is 3.40. The number of likely N-dealkylation sites (N-methyl/N-ethyl adjacent to an activating group) is 1. The van der Waals surface area contributed by atoms with Gasteiger partial charge in [-0.15, -0.1) is 0 Å². The molecule has 0 radical (unpaired) electrons. The Kier molecular flexibility index (Phi) is 4.49. The second kappa shape index (κ2) is 5.97. The van der Waals surface area contributed by atoms with Crippen molar-refractivity contribution >= 4 is 15.9 Å². The summed E-state index contributed by atoms with van der Waals surface area (Å²) in [6, 6.07) is 3.42. The monoisotopic (exact) mass is 348 g/mol. The maximum atomic E-state index is 12.7. The van der Waals surface area contributed by atoms with Gasteiger partial charge in [-0.2, -0.15) is 13.2 Å². The Morgan fingerprint density at radius 1 is 1.35 bits per heavy atom. The highest BCUT2D eigenvalue weighted by Gasteiger charge is 2.31. The number of alkyl halides is 3. The quantitative estimate of drug-likeness (QED) is 0.910. The summed E-state index contributed by atoms with van der Waals surface area (Å²) < 4.78 is 44.2. The SMILES string of the molecule is CNCCc1ncc(-c2cc(C(F)(F)F)ccc2Br)o1. The average molecular weight is 349 g/mol. The molecule has 0 saturated carbocycles. The Labute approximate surface area is 122 Å². The first-order valence-electron chi connectivity index (χ1n) is 5.88. The van der Waals surface area contributed by atoms with Gasteiger partial charge in [-0.05, 0) is 25.2 Å². The summed E-state index contributed by atoms with van der Waals surface area (Å²) >= 11 is 3.23. The Bertz CT molecular complexity index is 596. The molecule has 2 rings (SSSR count). The van der Waals surface area contributed by atoms with Crippen LogP contribution in [0, 0.1) is 0 Å². The van der Waals surface area contributed by atoms with Gasteiger partial charge in [-0.1, -0.05) is 15.9 Å².